The Morgan fingerprint density at radius 2 is 2.19 bits per heavy atom. The van der Waals surface area contributed by atoms with Crippen LogP contribution in [0, 0.1) is 12.8 Å². The molecule has 32 heavy (non-hydrogen) atoms. The van der Waals surface area contributed by atoms with E-state index in [1.165, 1.54) is 28.6 Å². The maximum absolute atomic E-state index is 12.6. The van der Waals surface area contributed by atoms with Gasteiger partial charge in [-0.3, -0.25) is 4.79 Å². The van der Waals surface area contributed by atoms with E-state index in [2.05, 4.69) is 32.5 Å². The summed E-state index contributed by atoms with van der Waals surface area (Å²) in [7, 11) is 0. The van der Waals surface area contributed by atoms with Crippen molar-refractivity contribution >= 4 is 56.3 Å². The number of nitrogens with zero attached hydrogens (tertiary/aromatic N) is 6. The molecule has 0 fully saturated rings. The minimum absolute atomic E-state index is 0.0709. The Morgan fingerprint density at radius 1 is 1.31 bits per heavy atom. The van der Waals surface area contributed by atoms with Crippen molar-refractivity contribution in [2.75, 3.05) is 11.1 Å². The van der Waals surface area contributed by atoms with Crippen LogP contribution in [0.5, 0.6) is 0 Å². The summed E-state index contributed by atoms with van der Waals surface area (Å²) in [4.78, 5) is 19.7. The van der Waals surface area contributed by atoms with Crippen LogP contribution in [0.4, 0.5) is 5.69 Å². The van der Waals surface area contributed by atoms with Gasteiger partial charge in [-0.05, 0) is 49.3 Å². The van der Waals surface area contributed by atoms with Gasteiger partial charge in [-0.2, -0.15) is 9.61 Å². The fraction of sp³-hybridized carbons (Fsp3) is 0.318. The van der Waals surface area contributed by atoms with Crippen molar-refractivity contribution in [1.82, 2.24) is 29.2 Å². The molecular weight excluding hydrogens is 442 g/mol. The molecule has 1 aliphatic carbocycles. The summed E-state index contributed by atoms with van der Waals surface area (Å²) >= 11 is 3.18. The van der Waals surface area contributed by atoms with Crippen LogP contribution in [0.25, 0.3) is 21.6 Å². The quantitative estimate of drug-likeness (QED) is 0.403. The lowest BCUT2D eigenvalue weighted by Crippen LogP contribution is -2.15. The highest BCUT2D eigenvalue weighted by Crippen LogP contribution is 2.40. The van der Waals surface area contributed by atoms with E-state index in [9.17, 15) is 4.79 Å². The van der Waals surface area contributed by atoms with Crippen molar-refractivity contribution in [1.29, 1.82) is 0 Å². The number of hydrogen-bond acceptors (Lipinski definition) is 7. The van der Waals surface area contributed by atoms with E-state index < -0.39 is 0 Å². The Hall–Kier alpha value is -2.98. The van der Waals surface area contributed by atoms with Crippen LogP contribution in [-0.2, 0) is 17.6 Å². The first-order valence-electron chi connectivity index (χ1n) is 10.6. The van der Waals surface area contributed by atoms with Crippen molar-refractivity contribution in [3.8, 4) is 0 Å². The summed E-state index contributed by atoms with van der Waals surface area (Å²) in [5, 5.41) is 18.0. The molecule has 8 nitrogen and oxygen atoms in total. The van der Waals surface area contributed by atoms with Crippen LogP contribution in [0.2, 0.25) is 0 Å². The van der Waals surface area contributed by atoms with Crippen molar-refractivity contribution in [2.45, 2.75) is 38.3 Å². The van der Waals surface area contributed by atoms with E-state index in [0.29, 0.717) is 16.9 Å². The van der Waals surface area contributed by atoms with Gasteiger partial charge in [-0.15, -0.1) is 21.5 Å². The maximum atomic E-state index is 12.6. The van der Waals surface area contributed by atoms with Crippen molar-refractivity contribution in [3.05, 3.63) is 46.6 Å². The fourth-order valence-electron chi connectivity index (χ4n) is 4.38. The number of anilines is 1. The van der Waals surface area contributed by atoms with Gasteiger partial charge in [-0.1, -0.05) is 36.9 Å². The topological polar surface area (TPSA) is 89.5 Å². The molecule has 4 heterocycles. The van der Waals surface area contributed by atoms with Crippen LogP contribution in [0.1, 0.15) is 29.3 Å². The molecule has 162 valence electrons. The van der Waals surface area contributed by atoms with Crippen LogP contribution in [-0.4, -0.2) is 40.9 Å². The number of hydrogen-bond donors (Lipinski definition) is 1. The number of benzene rings is 1. The molecule has 1 amide bonds. The standard InChI is InChI=1S/C22H21N7OS2/c1-12-7-8-14-16(9-12)32-20-18(14)19-23-11-24-29(19)21-26-27-22(28(20)21)31-10-17(30)25-15-6-4-3-5-13(15)2/h3-6,11-12H,7-10H2,1-2H3,(H,25,30). The van der Waals surface area contributed by atoms with Gasteiger partial charge in [0.1, 0.15) is 11.2 Å². The number of carbonyl (C=O) groups is 1. The highest BCUT2D eigenvalue weighted by atomic mass is 32.2. The predicted molar refractivity (Wildman–Crippen MR) is 127 cm³/mol. The molecule has 0 saturated carbocycles. The zero-order valence-corrected chi connectivity index (χ0v) is 19.3. The first-order chi connectivity index (χ1) is 15.6. The molecule has 1 aromatic carbocycles. The normalized spacial score (nSPS) is 16.1. The third-order valence-electron chi connectivity index (χ3n) is 6.02. The van der Waals surface area contributed by atoms with Crippen LogP contribution >= 0.6 is 23.1 Å². The second kappa shape index (κ2) is 7.56. The minimum atomic E-state index is -0.0709. The van der Waals surface area contributed by atoms with E-state index in [0.717, 1.165) is 40.0 Å². The Labute approximate surface area is 192 Å². The van der Waals surface area contributed by atoms with E-state index in [1.54, 1.807) is 22.2 Å². The number of para-hydroxylation sites is 1. The van der Waals surface area contributed by atoms with Crippen LogP contribution in [0.3, 0.4) is 0 Å². The average molecular weight is 464 g/mol. The Morgan fingerprint density at radius 3 is 3.06 bits per heavy atom. The first kappa shape index (κ1) is 19.7. The summed E-state index contributed by atoms with van der Waals surface area (Å²) in [5.41, 5.74) is 4.08. The Kier molecular flexibility index (Phi) is 4.65. The fourth-order valence-corrected chi connectivity index (χ4v) is 6.68. The zero-order chi connectivity index (χ0) is 21.8. The van der Waals surface area contributed by atoms with Crippen LogP contribution in [0.15, 0.2) is 35.7 Å². The van der Waals surface area contributed by atoms with Crippen molar-refractivity contribution in [3.63, 3.8) is 0 Å². The maximum Gasteiger partial charge on any atom is 0.260 e. The summed E-state index contributed by atoms with van der Waals surface area (Å²) < 4.78 is 3.80. The molecule has 4 aromatic heterocycles. The smallest absolute Gasteiger partial charge is 0.260 e. The number of rotatable bonds is 4. The van der Waals surface area contributed by atoms with E-state index in [4.69, 9.17) is 0 Å². The van der Waals surface area contributed by atoms with Crippen molar-refractivity contribution < 1.29 is 4.79 Å². The number of nitrogens with one attached hydrogen (secondary N) is 1. The second-order valence-electron chi connectivity index (χ2n) is 8.30. The van der Waals surface area contributed by atoms with Gasteiger partial charge in [-0.25, -0.2) is 9.38 Å². The number of fused-ring (bicyclic) bond motifs is 8. The largest absolute Gasteiger partial charge is 0.325 e. The van der Waals surface area contributed by atoms with Gasteiger partial charge >= 0.3 is 0 Å². The van der Waals surface area contributed by atoms with Gasteiger partial charge in [0, 0.05) is 10.6 Å². The van der Waals surface area contributed by atoms with Gasteiger partial charge in [0.05, 0.1) is 11.1 Å². The molecule has 0 radical (unpaired) electrons. The highest BCUT2D eigenvalue weighted by molar-refractivity contribution is 7.99. The Balaban J connectivity index is 1.40. The third kappa shape index (κ3) is 3.08. The number of thioether (sulfide) groups is 1. The number of aryl methyl sites for hydroxylation is 2. The molecule has 1 N–H and O–H groups in total. The van der Waals surface area contributed by atoms with E-state index in [-0.39, 0.29) is 11.7 Å². The Bertz CT molecular complexity index is 1500. The molecule has 0 bridgehead atoms. The average Bonchev–Trinajstić information content (AvgIpc) is 3.49. The summed E-state index contributed by atoms with van der Waals surface area (Å²) in [6.07, 6.45) is 4.88. The first-order valence-corrected chi connectivity index (χ1v) is 12.4. The van der Waals surface area contributed by atoms with Gasteiger partial charge < -0.3 is 5.32 Å². The monoisotopic (exact) mass is 463 g/mol. The number of thiophene rings is 1. The SMILES string of the molecule is Cc1ccccc1NC(=O)CSc1nnc2n3ncnc3c3c4c(sc3n12)CC(C)CC4. The van der Waals surface area contributed by atoms with Crippen molar-refractivity contribution in [2.24, 2.45) is 5.92 Å². The number of amides is 1. The molecule has 1 unspecified atom stereocenters. The van der Waals surface area contributed by atoms with Gasteiger partial charge in [0.2, 0.25) is 5.91 Å². The van der Waals surface area contributed by atoms with E-state index >= 15 is 0 Å². The zero-order valence-electron chi connectivity index (χ0n) is 17.7. The number of carbonyl (C=O) groups excluding carboxylic acids is 1. The minimum Gasteiger partial charge on any atom is -0.325 e. The van der Waals surface area contributed by atoms with Gasteiger partial charge in [0.15, 0.2) is 10.8 Å². The summed E-state index contributed by atoms with van der Waals surface area (Å²) in [5.74, 6) is 1.48. The molecule has 1 aliphatic rings. The molecule has 5 aromatic rings. The van der Waals surface area contributed by atoms with Crippen LogP contribution < -0.4 is 5.32 Å². The molecule has 0 aliphatic heterocycles. The summed E-state index contributed by atoms with van der Waals surface area (Å²) in [6.45, 7) is 4.29. The summed E-state index contributed by atoms with van der Waals surface area (Å²) in [6, 6.07) is 7.77. The molecule has 0 saturated heterocycles. The second-order valence-corrected chi connectivity index (χ2v) is 10.3. The molecular formula is C22H21N7OS2. The van der Waals surface area contributed by atoms with E-state index in [1.807, 2.05) is 35.6 Å². The lowest BCUT2D eigenvalue weighted by atomic mass is 9.89. The molecule has 1 atom stereocenters. The molecule has 6 rings (SSSR count). The van der Waals surface area contributed by atoms with Gasteiger partial charge in [0.25, 0.3) is 5.78 Å². The molecule has 10 heteroatoms. The highest BCUT2D eigenvalue weighted by Gasteiger charge is 2.26. The lowest BCUT2D eigenvalue weighted by Gasteiger charge is -2.17. The number of aromatic nitrogens is 6. The third-order valence-corrected chi connectivity index (χ3v) is 8.19. The lowest BCUT2D eigenvalue weighted by molar-refractivity contribution is -0.113. The predicted octanol–water partition coefficient (Wildman–Crippen LogP) is 4.15. The molecule has 0 spiro atoms.